The van der Waals surface area contributed by atoms with Crippen molar-refractivity contribution in [3.8, 4) is 5.75 Å². The van der Waals surface area contributed by atoms with Crippen LogP contribution < -0.4 is 11.2 Å². The van der Waals surface area contributed by atoms with Crippen molar-refractivity contribution in [3.05, 3.63) is 58.0 Å². The molecule has 0 aliphatic carbocycles. The topological polar surface area (TPSA) is 124 Å². The quantitative estimate of drug-likeness (QED) is 0.730. The van der Waals surface area contributed by atoms with Crippen LogP contribution in [0.2, 0.25) is 0 Å². The molecular weight excluding hydrogens is 300 g/mol. The predicted molar refractivity (Wildman–Crippen MR) is 80.0 cm³/mol. The summed E-state index contributed by atoms with van der Waals surface area (Å²) >= 11 is 0. The van der Waals surface area contributed by atoms with E-state index < -0.39 is 23.0 Å². The maximum atomic E-state index is 11.8. The van der Waals surface area contributed by atoms with Crippen molar-refractivity contribution in [1.29, 1.82) is 0 Å². The molecule has 1 atom stereocenters. The Labute approximate surface area is 130 Å². The molecule has 23 heavy (non-hydrogen) atoms. The summed E-state index contributed by atoms with van der Waals surface area (Å²) in [7, 11) is 0. The lowest BCUT2D eigenvalue weighted by Crippen LogP contribution is -2.18. The highest BCUT2D eigenvalue weighted by atomic mass is 16.4. The molecule has 8 nitrogen and oxygen atoms in total. The van der Waals surface area contributed by atoms with Gasteiger partial charge in [-0.3, -0.25) is 9.59 Å². The van der Waals surface area contributed by atoms with Gasteiger partial charge in [-0.2, -0.15) is 5.10 Å². The smallest absolute Gasteiger partial charge is 0.227 e. The largest absolute Gasteiger partial charge is 0.502 e. The summed E-state index contributed by atoms with van der Waals surface area (Å²) in [6.45, 7) is 1.58. The molecule has 0 fully saturated rings. The summed E-state index contributed by atoms with van der Waals surface area (Å²) in [6.07, 6.45) is 4.63. The van der Waals surface area contributed by atoms with Crippen LogP contribution >= 0.6 is 0 Å². The number of aromatic hydroxyl groups is 1. The Hall–Kier alpha value is -3.16. The monoisotopic (exact) mass is 314 g/mol. The maximum absolute atomic E-state index is 11.8. The van der Waals surface area contributed by atoms with E-state index in [2.05, 4.69) is 10.1 Å². The van der Waals surface area contributed by atoms with Crippen LogP contribution in [0.15, 0.2) is 39.9 Å². The lowest BCUT2D eigenvalue weighted by Gasteiger charge is -2.14. The number of amides is 1. The van der Waals surface area contributed by atoms with E-state index in [9.17, 15) is 14.7 Å². The van der Waals surface area contributed by atoms with Gasteiger partial charge in [-0.25, -0.2) is 9.50 Å². The van der Waals surface area contributed by atoms with E-state index in [-0.39, 0.29) is 12.2 Å². The number of aryl methyl sites for hydroxylation is 1. The fourth-order valence-corrected chi connectivity index (χ4v) is 2.50. The zero-order valence-electron chi connectivity index (χ0n) is 12.3. The second-order valence-electron chi connectivity index (χ2n) is 5.14. The average Bonchev–Trinajstić information content (AvgIpc) is 2.92. The molecule has 3 rings (SSSR count). The first-order valence-electron chi connectivity index (χ1n) is 6.87. The molecule has 3 N–H and O–H groups in total. The predicted octanol–water partition coefficient (Wildman–Crippen LogP) is 0.704. The molecule has 0 spiro atoms. The number of primary amides is 1. The Morgan fingerprint density at radius 1 is 1.52 bits per heavy atom. The average molecular weight is 314 g/mol. The van der Waals surface area contributed by atoms with E-state index >= 15 is 0 Å². The van der Waals surface area contributed by atoms with Gasteiger partial charge in [-0.05, 0) is 13.0 Å². The van der Waals surface area contributed by atoms with Crippen molar-refractivity contribution in [2.75, 3.05) is 0 Å². The van der Waals surface area contributed by atoms with Crippen LogP contribution in [-0.2, 0) is 4.79 Å². The number of carbonyl (C=O) groups is 1. The lowest BCUT2D eigenvalue weighted by atomic mass is 9.94. The highest BCUT2D eigenvalue weighted by Crippen LogP contribution is 2.34. The maximum Gasteiger partial charge on any atom is 0.227 e. The molecular formula is C15H14N4O4. The van der Waals surface area contributed by atoms with Gasteiger partial charge >= 0.3 is 0 Å². The molecule has 0 radical (unpaired) electrons. The number of hydrogen-bond acceptors (Lipinski definition) is 6. The minimum absolute atomic E-state index is 0.0191. The summed E-state index contributed by atoms with van der Waals surface area (Å²) < 4.78 is 7.02. The third-order valence-electron chi connectivity index (χ3n) is 3.48. The molecule has 118 valence electrons. The third-order valence-corrected chi connectivity index (χ3v) is 3.48. The van der Waals surface area contributed by atoms with Crippen LogP contribution in [0.25, 0.3) is 5.65 Å². The molecule has 0 saturated heterocycles. The van der Waals surface area contributed by atoms with E-state index in [4.69, 9.17) is 10.2 Å². The highest BCUT2D eigenvalue weighted by molar-refractivity contribution is 5.76. The van der Waals surface area contributed by atoms with Crippen molar-refractivity contribution in [3.63, 3.8) is 0 Å². The van der Waals surface area contributed by atoms with Gasteiger partial charge in [0.25, 0.3) is 0 Å². The van der Waals surface area contributed by atoms with E-state index in [1.54, 1.807) is 25.4 Å². The SMILES string of the molecule is Cc1cc(=O)c(O)c(C(CC(N)=O)c2cnn3cccnc23)o1. The second kappa shape index (κ2) is 5.56. The normalized spacial score (nSPS) is 12.4. The summed E-state index contributed by atoms with van der Waals surface area (Å²) in [6, 6.07) is 2.88. The van der Waals surface area contributed by atoms with Crippen molar-refractivity contribution < 1.29 is 14.3 Å². The number of nitrogens with zero attached hydrogens (tertiary/aromatic N) is 3. The number of nitrogens with two attached hydrogens (primary N) is 1. The van der Waals surface area contributed by atoms with Crippen LogP contribution in [-0.4, -0.2) is 25.6 Å². The summed E-state index contributed by atoms with van der Waals surface area (Å²) in [4.78, 5) is 27.5. The summed E-state index contributed by atoms with van der Waals surface area (Å²) in [5.41, 5.74) is 5.76. The molecule has 1 amide bonds. The minimum atomic E-state index is -0.757. The third kappa shape index (κ3) is 2.66. The molecule has 3 heterocycles. The van der Waals surface area contributed by atoms with Crippen molar-refractivity contribution in [2.45, 2.75) is 19.3 Å². The van der Waals surface area contributed by atoms with E-state index in [1.165, 1.54) is 16.8 Å². The number of aromatic nitrogens is 3. The van der Waals surface area contributed by atoms with Gasteiger partial charge in [-0.15, -0.1) is 0 Å². The first kappa shape index (κ1) is 14.8. The fraction of sp³-hybridized carbons (Fsp3) is 0.200. The Morgan fingerprint density at radius 2 is 2.30 bits per heavy atom. The van der Waals surface area contributed by atoms with Gasteiger partial charge in [0.2, 0.25) is 17.1 Å². The molecule has 1 unspecified atom stereocenters. The van der Waals surface area contributed by atoms with E-state index in [0.29, 0.717) is 17.0 Å². The Morgan fingerprint density at radius 3 is 3.04 bits per heavy atom. The molecule has 0 aromatic carbocycles. The van der Waals surface area contributed by atoms with Gasteiger partial charge in [0.1, 0.15) is 5.76 Å². The number of fused-ring (bicyclic) bond motifs is 1. The molecule has 0 aliphatic rings. The molecule has 0 bridgehead atoms. The molecule has 3 aromatic heterocycles. The van der Waals surface area contributed by atoms with Gasteiger partial charge < -0.3 is 15.3 Å². The number of hydrogen-bond donors (Lipinski definition) is 2. The standard InChI is InChI=1S/C15H14N4O4/c1-8-5-11(20)13(22)14(23-8)9(6-12(16)21)10-7-18-19-4-2-3-17-15(10)19/h2-5,7,9,22H,6H2,1H3,(H2,16,21). The van der Waals surface area contributed by atoms with Crippen LogP contribution in [0.4, 0.5) is 0 Å². The molecule has 0 saturated carbocycles. The van der Waals surface area contributed by atoms with Crippen molar-refractivity contribution in [2.24, 2.45) is 5.73 Å². The summed E-state index contributed by atoms with van der Waals surface area (Å²) in [5.74, 6) is -1.60. The molecule has 8 heteroatoms. The number of carbonyl (C=O) groups excluding carboxylic acids is 1. The van der Waals surface area contributed by atoms with Gasteiger partial charge in [-0.1, -0.05) is 0 Å². The van der Waals surface area contributed by atoms with Gasteiger partial charge in [0.05, 0.1) is 12.1 Å². The van der Waals surface area contributed by atoms with E-state index in [1.807, 2.05) is 0 Å². The Kier molecular flexibility index (Phi) is 3.57. The van der Waals surface area contributed by atoms with Crippen LogP contribution in [0.5, 0.6) is 5.75 Å². The minimum Gasteiger partial charge on any atom is -0.502 e. The van der Waals surface area contributed by atoms with Gasteiger partial charge in [0, 0.05) is 30.4 Å². The first-order valence-corrected chi connectivity index (χ1v) is 6.87. The first-order chi connectivity index (χ1) is 11.0. The molecule has 3 aromatic rings. The lowest BCUT2D eigenvalue weighted by molar-refractivity contribution is -0.118. The van der Waals surface area contributed by atoms with Crippen molar-refractivity contribution >= 4 is 11.6 Å². The summed E-state index contributed by atoms with van der Waals surface area (Å²) in [5, 5.41) is 14.2. The fourth-order valence-electron chi connectivity index (χ4n) is 2.50. The zero-order chi connectivity index (χ0) is 16.6. The molecule has 0 aliphatic heterocycles. The van der Waals surface area contributed by atoms with E-state index in [0.717, 1.165) is 0 Å². The van der Waals surface area contributed by atoms with Crippen LogP contribution in [0.1, 0.15) is 29.4 Å². The number of rotatable bonds is 4. The Balaban J connectivity index is 2.23. The van der Waals surface area contributed by atoms with Gasteiger partial charge in [0.15, 0.2) is 11.4 Å². The van der Waals surface area contributed by atoms with Crippen LogP contribution in [0, 0.1) is 6.92 Å². The van der Waals surface area contributed by atoms with Crippen LogP contribution in [0.3, 0.4) is 0 Å². The highest BCUT2D eigenvalue weighted by Gasteiger charge is 2.28. The Bertz CT molecular complexity index is 944. The van der Waals surface area contributed by atoms with Crippen molar-refractivity contribution in [1.82, 2.24) is 14.6 Å². The zero-order valence-corrected chi connectivity index (χ0v) is 12.3. The second-order valence-corrected chi connectivity index (χ2v) is 5.14.